The summed E-state index contributed by atoms with van der Waals surface area (Å²) in [5, 5.41) is 12.4. The molecule has 2 aromatic rings. The first-order chi connectivity index (χ1) is 8.67. The number of esters is 1. The van der Waals surface area contributed by atoms with E-state index in [0.717, 1.165) is 15.6 Å². The lowest BCUT2D eigenvalue weighted by Crippen LogP contribution is -2.26. The largest absolute Gasteiger partial charge is 0.507 e. The predicted molar refractivity (Wildman–Crippen MR) is 70.0 cm³/mol. The molecule has 1 N–H and O–H groups in total. The smallest absolute Gasteiger partial charge is 0.335 e. The van der Waals surface area contributed by atoms with Crippen LogP contribution in [0.25, 0.3) is 10.1 Å². The fourth-order valence-electron chi connectivity index (χ4n) is 1.86. The fraction of sp³-hybridized carbons (Fsp3) is 0.308. The minimum absolute atomic E-state index is 0.252. The van der Waals surface area contributed by atoms with E-state index in [-0.39, 0.29) is 5.75 Å². The maximum Gasteiger partial charge on any atom is 0.335 e. The molecule has 0 amide bonds. The molecule has 0 radical (unpaired) electrons. The standard InChI is InChI=1S/C13H14O4S/c1-16-11(13(15)17-2)7-8-3-4-10(14)9-5-6-18-12(8)9/h3-6,11,14H,7H2,1-2H3. The van der Waals surface area contributed by atoms with Crippen molar-refractivity contribution in [2.45, 2.75) is 12.5 Å². The van der Waals surface area contributed by atoms with Crippen LogP contribution in [0.15, 0.2) is 23.6 Å². The first-order valence-electron chi connectivity index (χ1n) is 5.46. The number of methoxy groups -OCH3 is 2. The number of carbonyl (C=O) groups excluding carboxylic acids is 1. The van der Waals surface area contributed by atoms with Crippen LogP contribution in [-0.2, 0) is 20.7 Å². The van der Waals surface area contributed by atoms with Crippen molar-refractivity contribution < 1.29 is 19.4 Å². The van der Waals surface area contributed by atoms with Crippen molar-refractivity contribution in [3.05, 3.63) is 29.1 Å². The molecule has 1 atom stereocenters. The Morgan fingerprint density at radius 3 is 2.83 bits per heavy atom. The molecule has 0 spiro atoms. The molecule has 0 saturated heterocycles. The van der Waals surface area contributed by atoms with Crippen LogP contribution >= 0.6 is 11.3 Å². The summed E-state index contributed by atoms with van der Waals surface area (Å²) in [6.07, 6.45) is -0.189. The highest BCUT2D eigenvalue weighted by molar-refractivity contribution is 7.17. The predicted octanol–water partition coefficient (Wildman–Crippen LogP) is 2.34. The van der Waals surface area contributed by atoms with Gasteiger partial charge in [-0.3, -0.25) is 0 Å². The number of hydrogen-bond acceptors (Lipinski definition) is 5. The molecule has 0 aliphatic heterocycles. The molecular weight excluding hydrogens is 252 g/mol. The van der Waals surface area contributed by atoms with Gasteiger partial charge in [0.25, 0.3) is 0 Å². The fourth-order valence-corrected chi connectivity index (χ4v) is 2.80. The van der Waals surface area contributed by atoms with Crippen LogP contribution < -0.4 is 0 Å². The van der Waals surface area contributed by atoms with Gasteiger partial charge in [-0.1, -0.05) is 6.07 Å². The number of phenols is 1. The Hall–Kier alpha value is -1.59. The number of rotatable bonds is 4. The molecule has 2 rings (SSSR count). The average molecular weight is 266 g/mol. The van der Waals surface area contributed by atoms with Gasteiger partial charge in [-0.15, -0.1) is 11.3 Å². The summed E-state index contributed by atoms with van der Waals surface area (Å²) in [7, 11) is 2.82. The number of hydrogen-bond donors (Lipinski definition) is 1. The van der Waals surface area contributed by atoms with E-state index < -0.39 is 12.1 Å². The van der Waals surface area contributed by atoms with Gasteiger partial charge < -0.3 is 14.6 Å². The van der Waals surface area contributed by atoms with Gasteiger partial charge >= 0.3 is 5.97 Å². The minimum Gasteiger partial charge on any atom is -0.507 e. The van der Waals surface area contributed by atoms with Gasteiger partial charge in [0.05, 0.1) is 7.11 Å². The summed E-state index contributed by atoms with van der Waals surface area (Å²) in [4.78, 5) is 11.5. The van der Waals surface area contributed by atoms with Gasteiger partial charge in [-0.25, -0.2) is 4.79 Å². The third kappa shape index (κ3) is 2.32. The number of thiophene rings is 1. The maximum atomic E-state index is 11.5. The number of carbonyl (C=O) groups is 1. The molecule has 4 nitrogen and oxygen atoms in total. The van der Waals surface area contributed by atoms with E-state index in [1.807, 2.05) is 17.5 Å². The molecule has 0 saturated carbocycles. The molecular formula is C13H14O4S. The van der Waals surface area contributed by atoms with Gasteiger partial charge in [0, 0.05) is 23.6 Å². The highest BCUT2D eigenvalue weighted by Crippen LogP contribution is 2.32. The van der Waals surface area contributed by atoms with Crippen LogP contribution in [0, 0.1) is 0 Å². The van der Waals surface area contributed by atoms with Crippen molar-refractivity contribution in [2.75, 3.05) is 14.2 Å². The molecule has 0 aliphatic carbocycles. The highest BCUT2D eigenvalue weighted by Gasteiger charge is 2.20. The Labute approximate surface area is 109 Å². The highest BCUT2D eigenvalue weighted by atomic mass is 32.1. The van der Waals surface area contributed by atoms with Crippen LogP contribution in [0.4, 0.5) is 0 Å². The molecule has 0 bridgehead atoms. The Balaban J connectivity index is 2.34. The van der Waals surface area contributed by atoms with Crippen LogP contribution in [0.3, 0.4) is 0 Å². The van der Waals surface area contributed by atoms with E-state index in [2.05, 4.69) is 4.74 Å². The lowest BCUT2D eigenvalue weighted by Gasteiger charge is -2.13. The Bertz CT molecular complexity index is 561. The molecule has 0 aliphatic rings. The number of aromatic hydroxyl groups is 1. The van der Waals surface area contributed by atoms with E-state index >= 15 is 0 Å². The third-order valence-corrected chi connectivity index (χ3v) is 3.82. The second-order valence-corrected chi connectivity index (χ2v) is 4.77. The summed E-state index contributed by atoms with van der Waals surface area (Å²) in [5.41, 5.74) is 0.968. The quantitative estimate of drug-likeness (QED) is 0.863. The summed E-state index contributed by atoms with van der Waals surface area (Å²) < 4.78 is 10.8. The van der Waals surface area contributed by atoms with Crippen molar-refractivity contribution in [3.63, 3.8) is 0 Å². The molecule has 1 unspecified atom stereocenters. The van der Waals surface area contributed by atoms with E-state index in [1.54, 1.807) is 6.07 Å². The zero-order valence-corrected chi connectivity index (χ0v) is 11.0. The van der Waals surface area contributed by atoms with Gasteiger partial charge in [0.1, 0.15) is 5.75 Å². The zero-order valence-electron chi connectivity index (χ0n) is 10.2. The lowest BCUT2D eigenvalue weighted by molar-refractivity contribution is -0.152. The second-order valence-electron chi connectivity index (χ2n) is 3.86. The van der Waals surface area contributed by atoms with Crippen LogP contribution in [0.1, 0.15) is 5.56 Å². The van der Waals surface area contributed by atoms with E-state index in [4.69, 9.17) is 4.74 Å². The van der Waals surface area contributed by atoms with Gasteiger partial charge in [-0.05, 0) is 23.1 Å². The average Bonchev–Trinajstić information content (AvgIpc) is 2.87. The first kappa shape index (κ1) is 12.9. The summed E-state index contributed by atoms with van der Waals surface area (Å²) in [5.74, 6) is -0.141. The number of phenolic OH excluding ortho intramolecular Hbond substituents is 1. The van der Waals surface area contributed by atoms with Gasteiger partial charge in [-0.2, -0.15) is 0 Å². The molecule has 1 aromatic heterocycles. The monoisotopic (exact) mass is 266 g/mol. The lowest BCUT2D eigenvalue weighted by atomic mass is 10.1. The summed E-state index contributed by atoms with van der Waals surface area (Å²) in [6.45, 7) is 0. The van der Waals surface area contributed by atoms with Crippen LogP contribution in [0.2, 0.25) is 0 Å². The van der Waals surface area contributed by atoms with Crippen molar-refractivity contribution in [1.82, 2.24) is 0 Å². The second kappa shape index (κ2) is 5.37. The van der Waals surface area contributed by atoms with E-state index in [1.165, 1.54) is 25.6 Å². The Morgan fingerprint density at radius 2 is 2.17 bits per heavy atom. The molecule has 5 heteroatoms. The number of ether oxygens (including phenoxy) is 2. The minimum atomic E-state index is -0.621. The van der Waals surface area contributed by atoms with Crippen molar-refractivity contribution in [1.29, 1.82) is 0 Å². The van der Waals surface area contributed by atoms with Crippen molar-refractivity contribution >= 4 is 27.4 Å². The van der Waals surface area contributed by atoms with Crippen LogP contribution in [0.5, 0.6) is 5.75 Å². The SMILES string of the molecule is COC(=O)C(Cc1ccc(O)c2ccsc12)OC. The summed E-state index contributed by atoms with van der Waals surface area (Å²) >= 11 is 1.53. The summed E-state index contributed by atoms with van der Waals surface area (Å²) in [6, 6.07) is 5.30. The molecule has 96 valence electrons. The van der Waals surface area contributed by atoms with E-state index in [0.29, 0.717) is 6.42 Å². The molecule has 0 fully saturated rings. The third-order valence-electron chi connectivity index (χ3n) is 2.83. The van der Waals surface area contributed by atoms with Gasteiger partial charge in [0.2, 0.25) is 0 Å². The topological polar surface area (TPSA) is 55.8 Å². The van der Waals surface area contributed by atoms with Crippen molar-refractivity contribution in [2.24, 2.45) is 0 Å². The van der Waals surface area contributed by atoms with Crippen LogP contribution in [-0.4, -0.2) is 31.4 Å². The maximum absolute atomic E-state index is 11.5. The molecule has 1 aromatic carbocycles. The van der Waals surface area contributed by atoms with Gasteiger partial charge in [0.15, 0.2) is 6.10 Å². The molecule has 1 heterocycles. The Kier molecular flexibility index (Phi) is 3.84. The Morgan fingerprint density at radius 1 is 1.39 bits per heavy atom. The number of fused-ring (bicyclic) bond motifs is 1. The molecule has 18 heavy (non-hydrogen) atoms. The van der Waals surface area contributed by atoms with Crippen molar-refractivity contribution in [3.8, 4) is 5.75 Å². The first-order valence-corrected chi connectivity index (χ1v) is 6.34. The number of benzene rings is 1. The van der Waals surface area contributed by atoms with E-state index in [9.17, 15) is 9.90 Å². The normalized spacial score (nSPS) is 12.6. The zero-order chi connectivity index (χ0) is 13.1.